The lowest BCUT2D eigenvalue weighted by molar-refractivity contribution is 0.233. The Labute approximate surface area is 202 Å². The highest BCUT2D eigenvalue weighted by Crippen LogP contribution is 2.34. The minimum atomic E-state index is -0.819. The Morgan fingerprint density at radius 1 is 1.03 bits per heavy atom. The number of methoxy groups -OCH3 is 1. The summed E-state index contributed by atoms with van der Waals surface area (Å²) in [6.45, 7) is -0.0683. The number of aliphatic imine (C=N–C) groups is 1. The zero-order chi connectivity index (χ0) is 23.4. The quantitative estimate of drug-likeness (QED) is 0.258. The lowest BCUT2D eigenvalue weighted by Gasteiger charge is -2.10. The van der Waals surface area contributed by atoms with Gasteiger partial charge in [-0.3, -0.25) is 4.98 Å². The van der Waals surface area contributed by atoms with Gasteiger partial charge >= 0.3 is 0 Å². The molecule has 0 spiro atoms. The van der Waals surface area contributed by atoms with Gasteiger partial charge in [-0.15, -0.1) is 0 Å². The number of nitrogens with zero attached hydrogens (tertiary/aromatic N) is 4. The van der Waals surface area contributed by atoms with Crippen molar-refractivity contribution in [3.63, 3.8) is 0 Å². The Morgan fingerprint density at radius 3 is 2.45 bits per heavy atom. The summed E-state index contributed by atoms with van der Waals surface area (Å²) in [6.07, 6.45) is 2.65. The minimum absolute atomic E-state index is 0.0683. The third kappa shape index (κ3) is 5.42. The van der Waals surface area contributed by atoms with E-state index in [1.807, 2.05) is 0 Å². The molecule has 11 heteroatoms. The number of pyridine rings is 1. The molecule has 0 amide bonds. The summed E-state index contributed by atoms with van der Waals surface area (Å²) in [4.78, 5) is 12.0. The molecule has 2 aromatic heterocycles. The van der Waals surface area contributed by atoms with Gasteiger partial charge < -0.3 is 14.0 Å². The Balaban J connectivity index is 1.54. The van der Waals surface area contributed by atoms with Gasteiger partial charge in [0.2, 0.25) is 11.8 Å². The predicted molar refractivity (Wildman–Crippen MR) is 124 cm³/mol. The SMILES string of the molecule is COc1ccc(C(F)=Nc2c(Cl)cncc2Cl)cc1OCc1nc(-c2ccc(Cl)cc2)no1. The van der Waals surface area contributed by atoms with E-state index in [-0.39, 0.29) is 39.5 Å². The van der Waals surface area contributed by atoms with Crippen molar-refractivity contribution in [1.82, 2.24) is 15.1 Å². The monoisotopic (exact) mass is 506 g/mol. The Bertz CT molecular complexity index is 1290. The zero-order valence-electron chi connectivity index (χ0n) is 16.9. The van der Waals surface area contributed by atoms with E-state index in [1.54, 1.807) is 30.3 Å². The molecule has 7 nitrogen and oxygen atoms in total. The molecule has 0 N–H and O–H groups in total. The summed E-state index contributed by atoms with van der Waals surface area (Å²) in [5.41, 5.74) is 0.938. The fraction of sp³-hybridized carbons (Fsp3) is 0.0909. The van der Waals surface area contributed by atoms with E-state index in [0.29, 0.717) is 16.6 Å². The molecule has 4 aromatic rings. The molecule has 0 radical (unpaired) electrons. The second-order valence-electron chi connectivity index (χ2n) is 6.53. The molecule has 0 fully saturated rings. The third-order valence-corrected chi connectivity index (χ3v) is 5.17. The van der Waals surface area contributed by atoms with Crippen LogP contribution in [0, 0.1) is 0 Å². The molecule has 0 atom stereocenters. The lowest BCUT2D eigenvalue weighted by atomic mass is 10.2. The van der Waals surface area contributed by atoms with Crippen molar-refractivity contribution < 1.29 is 18.4 Å². The highest BCUT2D eigenvalue weighted by atomic mass is 35.5. The smallest absolute Gasteiger partial charge is 0.264 e. The highest BCUT2D eigenvalue weighted by Gasteiger charge is 2.15. The summed E-state index contributed by atoms with van der Waals surface area (Å²) in [6, 6.07) is 11.4. The van der Waals surface area contributed by atoms with Crippen molar-refractivity contribution in [3.8, 4) is 22.9 Å². The van der Waals surface area contributed by atoms with Crippen LogP contribution in [0.4, 0.5) is 10.1 Å². The average Bonchev–Trinajstić information content (AvgIpc) is 3.29. The summed E-state index contributed by atoms with van der Waals surface area (Å²) < 4.78 is 31.1. The fourth-order valence-corrected chi connectivity index (χ4v) is 3.34. The molecule has 2 heterocycles. The Kier molecular flexibility index (Phi) is 7.08. The first-order valence-electron chi connectivity index (χ1n) is 9.37. The molecular weight excluding hydrogens is 494 g/mol. The van der Waals surface area contributed by atoms with Gasteiger partial charge in [-0.05, 0) is 42.5 Å². The molecular formula is C22H14Cl3FN4O3. The molecule has 0 aliphatic rings. The van der Waals surface area contributed by atoms with Gasteiger partial charge in [0.1, 0.15) is 5.69 Å². The van der Waals surface area contributed by atoms with Gasteiger partial charge in [0.15, 0.2) is 18.1 Å². The third-order valence-electron chi connectivity index (χ3n) is 4.36. The molecule has 168 valence electrons. The lowest BCUT2D eigenvalue weighted by Crippen LogP contribution is -2.00. The summed E-state index contributed by atoms with van der Waals surface area (Å²) in [7, 11) is 1.47. The van der Waals surface area contributed by atoms with Gasteiger partial charge in [-0.25, -0.2) is 4.99 Å². The molecule has 0 aliphatic heterocycles. The number of hydrogen-bond donors (Lipinski definition) is 0. The number of rotatable bonds is 7. The maximum atomic E-state index is 14.8. The van der Waals surface area contributed by atoms with Crippen LogP contribution in [-0.4, -0.2) is 28.2 Å². The maximum absolute atomic E-state index is 14.8. The van der Waals surface area contributed by atoms with Gasteiger partial charge in [-0.2, -0.15) is 9.37 Å². The van der Waals surface area contributed by atoms with Crippen LogP contribution in [0.3, 0.4) is 0 Å². The normalized spacial score (nSPS) is 11.5. The molecule has 0 unspecified atom stereocenters. The standard InChI is InChI=1S/C22H14Cl3FN4O3/c1-31-17-7-4-13(21(26)29-20-15(24)9-27-10-16(20)25)8-18(17)32-11-19-28-22(30-33-19)12-2-5-14(23)6-3-12/h2-10H,11H2,1H3. The molecule has 4 rings (SSSR count). The van der Waals surface area contributed by atoms with Crippen molar-refractivity contribution >= 4 is 46.5 Å². The van der Waals surface area contributed by atoms with Gasteiger partial charge in [-0.1, -0.05) is 40.0 Å². The van der Waals surface area contributed by atoms with Crippen LogP contribution in [0.15, 0.2) is 64.4 Å². The van der Waals surface area contributed by atoms with Crippen molar-refractivity contribution in [3.05, 3.63) is 81.4 Å². The first kappa shape index (κ1) is 23.0. The highest BCUT2D eigenvalue weighted by molar-refractivity contribution is 6.38. The number of aromatic nitrogens is 3. The average molecular weight is 508 g/mol. The predicted octanol–water partition coefficient (Wildman–Crippen LogP) is 6.73. The van der Waals surface area contributed by atoms with Gasteiger partial charge in [0.05, 0.1) is 17.2 Å². The number of ether oxygens (including phenoxy) is 2. The zero-order valence-corrected chi connectivity index (χ0v) is 19.2. The Hall–Kier alpha value is -3.20. The minimum Gasteiger partial charge on any atom is -0.493 e. The second kappa shape index (κ2) is 10.2. The van der Waals surface area contributed by atoms with E-state index in [0.717, 1.165) is 5.56 Å². The fourth-order valence-electron chi connectivity index (χ4n) is 2.76. The van der Waals surface area contributed by atoms with Crippen LogP contribution < -0.4 is 9.47 Å². The number of benzene rings is 2. The topological polar surface area (TPSA) is 82.6 Å². The summed E-state index contributed by atoms with van der Waals surface area (Å²) in [5.74, 6) is 0.412. The molecule has 0 saturated carbocycles. The first-order valence-corrected chi connectivity index (χ1v) is 10.5. The van der Waals surface area contributed by atoms with E-state index >= 15 is 0 Å². The van der Waals surface area contributed by atoms with Crippen LogP contribution in [0.5, 0.6) is 11.5 Å². The van der Waals surface area contributed by atoms with Crippen LogP contribution in [0.1, 0.15) is 11.5 Å². The van der Waals surface area contributed by atoms with Crippen LogP contribution >= 0.6 is 34.8 Å². The van der Waals surface area contributed by atoms with E-state index in [4.69, 9.17) is 48.8 Å². The second-order valence-corrected chi connectivity index (χ2v) is 7.78. The summed E-state index contributed by atoms with van der Waals surface area (Å²) >= 11 is 17.9. The Morgan fingerprint density at radius 2 is 1.76 bits per heavy atom. The first-order chi connectivity index (χ1) is 15.9. The molecule has 0 aliphatic carbocycles. The molecule has 33 heavy (non-hydrogen) atoms. The van der Waals surface area contributed by atoms with E-state index in [9.17, 15) is 4.39 Å². The molecule has 0 bridgehead atoms. The van der Waals surface area contributed by atoms with Crippen molar-refractivity contribution in [2.75, 3.05) is 7.11 Å². The van der Waals surface area contributed by atoms with Crippen molar-refractivity contribution in [2.24, 2.45) is 4.99 Å². The van der Waals surface area contributed by atoms with E-state index < -0.39 is 5.97 Å². The van der Waals surface area contributed by atoms with Crippen LogP contribution in [-0.2, 0) is 6.61 Å². The maximum Gasteiger partial charge on any atom is 0.264 e. The van der Waals surface area contributed by atoms with Gasteiger partial charge in [0, 0.05) is 28.5 Å². The van der Waals surface area contributed by atoms with Crippen molar-refractivity contribution in [1.29, 1.82) is 0 Å². The molecule has 2 aromatic carbocycles. The van der Waals surface area contributed by atoms with E-state index in [2.05, 4.69) is 20.1 Å². The summed E-state index contributed by atoms with van der Waals surface area (Å²) in [5, 5.41) is 4.77. The van der Waals surface area contributed by atoms with E-state index in [1.165, 1.54) is 31.6 Å². The van der Waals surface area contributed by atoms with Crippen molar-refractivity contribution in [2.45, 2.75) is 6.61 Å². The van der Waals surface area contributed by atoms with Crippen LogP contribution in [0.2, 0.25) is 15.1 Å². The number of halogens is 4. The molecule has 0 saturated heterocycles. The van der Waals surface area contributed by atoms with Gasteiger partial charge in [0.25, 0.3) is 5.89 Å². The largest absolute Gasteiger partial charge is 0.493 e. The number of hydrogen-bond acceptors (Lipinski definition) is 7. The van der Waals surface area contributed by atoms with Crippen LogP contribution in [0.25, 0.3) is 11.4 Å².